The molecule has 0 saturated carbocycles. The normalized spacial score (nSPS) is 21.9. The van der Waals surface area contributed by atoms with Crippen molar-refractivity contribution >= 4 is 25.8 Å². The van der Waals surface area contributed by atoms with E-state index in [1.54, 1.807) is 19.1 Å². The molecule has 158 valence electrons. The van der Waals surface area contributed by atoms with Crippen molar-refractivity contribution in [3.05, 3.63) is 29.3 Å². The smallest absolute Gasteiger partial charge is 0.303 e. The van der Waals surface area contributed by atoms with Gasteiger partial charge in [0.15, 0.2) is 9.84 Å². The number of sulfone groups is 1. The molecule has 1 fully saturated rings. The van der Waals surface area contributed by atoms with Crippen LogP contribution in [0.3, 0.4) is 0 Å². The van der Waals surface area contributed by atoms with Crippen molar-refractivity contribution in [3.8, 4) is 0 Å². The van der Waals surface area contributed by atoms with E-state index in [0.29, 0.717) is 24.8 Å². The van der Waals surface area contributed by atoms with E-state index in [0.717, 1.165) is 9.87 Å². The second-order valence-electron chi connectivity index (χ2n) is 7.30. The number of nitrogens with zero attached hydrogens (tertiary/aromatic N) is 1. The molecule has 1 heterocycles. The van der Waals surface area contributed by atoms with Crippen molar-refractivity contribution in [3.63, 3.8) is 0 Å². The first-order valence-electron chi connectivity index (χ1n) is 9.13. The molecule has 1 aromatic carbocycles. The Labute approximate surface area is 166 Å². The van der Waals surface area contributed by atoms with E-state index in [9.17, 15) is 26.7 Å². The molecule has 0 aliphatic carbocycles. The molecule has 28 heavy (non-hydrogen) atoms. The number of hydrogen-bond acceptors (Lipinski definition) is 6. The number of unbranched alkanes of at least 4 members (excludes halogenated alkanes) is 2. The van der Waals surface area contributed by atoms with Crippen LogP contribution in [0.25, 0.3) is 0 Å². The van der Waals surface area contributed by atoms with E-state index in [2.05, 4.69) is 0 Å². The fourth-order valence-corrected chi connectivity index (χ4v) is 7.28. The van der Waals surface area contributed by atoms with E-state index >= 15 is 0 Å². The summed E-state index contributed by atoms with van der Waals surface area (Å²) in [5, 5.41) is 18.9. The molecule has 0 aromatic heterocycles. The standard InChI is InChI=1S/C18H27NO7S2/c1-13-7-8-17(14(2)10-13)28(25,26)19(9-5-3-4-6-18(21)22)15-11-27(23,24)12-16(15)20/h7-8,10,15-16,20H,3-6,9,11-12H2,1-2H3,(H,21,22)/t15-,16+/m0/s1. The molecular formula is C18H27NO7S2. The molecule has 0 radical (unpaired) electrons. The average molecular weight is 434 g/mol. The largest absolute Gasteiger partial charge is 0.481 e. The molecular weight excluding hydrogens is 406 g/mol. The number of carbonyl (C=O) groups is 1. The lowest BCUT2D eigenvalue weighted by molar-refractivity contribution is -0.137. The van der Waals surface area contributed by atoms with Gasteiger partial charge in [0.05, 0.1) is 28.5 Å². The molecule has 0 bridgehead atoms. The Hall–Kier alpha value is -1.49. The van der Waals surface area contributed by atoms with Gasteiger partial charge < -0.3 is 10.2 Å². The summed E-state index contributed by atoms with van der Waals surface area (Å²) in [5.74, 6) is -1.81. The Morgan fingerprint density at radius 3 is 2.39 bits per heavy atom. The number of carboxylic acids is 1. The first kappa shape index (κ1) is 22.8. The molecule has 1 saturated heterocycles. The molecule has 8 nitrogen and oxygen atoms in total. The van der Waals surface area contributed by atoms with Crippen molar-refractivity contribution in [2.45, 2.75) is 56.6 Å². The number of aliphatic hydroxyl groups is 1. The van der Waals surface area contributed by atoms with E-state index < -0.39 is 49.5 Å². The molecule has 1 aromatic rings. The molecule has 0 unspecified atom stereocenters. The predicted molar refractivity (Wildman–Crippen MR) is 104 cm³/mol. The lowest BCUT2D eigenvalue weighted by Gasteiger charge is -2.30. The summed E-state index contributed by atoms with van der Waals surface area (Å²) in [4.78, 5) is 10.7. The van der Waals surface area contributed by atoms with Crippen LogP contribution in [0.5, 0.6) is 0 Å². The van der Waals surface area contributed by atoms with Gasteiger partial charge in [0.2, 0.25) is 10.0 Å². The molecule has 0 spiro atoms. The number of sulfonamides is 1. The Kier molecular flexibility index (Phi) is 7.24. The summed E-state index contributed by atoms with van der Waals surface area (Å²) in [6, 6.07) is 3.86. The minimum Gasteiger partial charge on any atom is -0.481 e. The number of benzene rings is 1. The summed E-state index contributed by atoms with van der Waals surface area (Å²) in [5.41, 5.74) is 1.45. The fraction of sp³-hybridized carbons (Fsp3) is 0.611. The maximum Gasteiger partial charge on any atom is 0.303 e. The van der Waals surface area contributed by atoms with Gasteiger partial charge >= 0.3 is 5.97 Å². The van der Waals surface area contributed by atoms with Gasteiger partial charge in [0.25, 0.3) is 0 Å². The maximum atomic E-state index is 13.3. The lowest BCUT2D eigenvalue weighted by Crippen LogP contribution is -2.47. The summed E-state index contributed by atoms with van der Waals surface area (Å²) >= 11 is 0. The number of aliphatic hydroxyl groups excluding tert-OH is 1. The number of rotatable bonds is 9. The zero-order valence-electron chi connectivity index (χ0n) is 16.0. The topological polar surface area (TPSA) is 129 Å². The summed E-state index contributed by atoms with van der Waals surface area (Å²) in [6.45, 7) is 3.54. The Balaban J connectivity index is 2.30. The van der Waals surface area contributed by atoms with Crippen molar-refractivity contribution in [1.82, 2.24) is 4.31 Å². The minimum absolute atomic E-state index is 0.00967. The van der Waals surface area contributed by atoms with Crippen LogP contribution >= 0.6 is 0 Å². The Morgan fingerprint density at radius 1 is 1.18 bits per heavy atom. The van der Waals surface area contributed by atoms with Gasteiger partial charge in [0.1, 0.15) is 0 Å². The van der Waals surface area contributed by atoms with Gasteiger partial charge in [-0.15, -0.1) is 0 Å². The highest BCUT2D eigenvalue weighted by molar-refractivity contribution is 7.92. The number of carboxylic acid groups (broad SMARTS) is 1. The average Bonchev–Trinajstić information content (AvgIpc) is 2.82. The maximum absolute atomic E-state index is 13.3. The highest BCUT2D eigenvalue weighted by Crippen LogP contribution is 2.28. The van der Waals surface area contributed by atoms with E-state index in [1.807, 2.05) is 6.92 Å². The SMILES string of the molecule is Cc1ccc(S(=O)(=O)N(CCCCCC(=O)O)[C@H]2CS(=O)(=O)C[C@H]2O)c(C)c1. The third kappa shape index (κ3) is 5.53. The monoisotopic (exact) mass is 433 g/mol. The van der Waals surface area contributed by atoms with Crippen LogP contribution in [0.1, 0.15) is 36.8 Å². The first-order valence-corrected chi connectivity index (χ1v) is 12.4. The molecule has 1 aliphatic rings. The van der Waals surface area contributed by atoms with Gasteiger partial charge in [-0.2, -0.15) is 4.31 Å². The van der Waals surface area contributed by atoms with Crippen molar-refractivity contribution in [2.75, 3.05) is 18.1 Å². The van der Waals surface area contributed by atoms with Crippen molar-refractivity contribution < 1.29 is 31.8 Å². The predicted octanol–water partition coefficient (Wildman–Crippen LogP) is 1.10. The summed E-state index contributed by atoms with van der Waals surface area (Å²) in [7, 11) is -7.56. The van der Waals surface area contributed by atoms with Crippen LogP contribution in [-0.2, 0) is 24.7 Å². The number of hydrogen-bond donors (Lipinski definition) is 2. The van der Waals surface area contributed by atoms with Gasteiger partial charge in [0, 0.05) is 13.0 Å². The second-order valence-corrected chi connectivity index (χ2v) is 11.3. The zero-order valence-corrected chi connectivity index (χ0v) is 17.7. The van der Waals surface area contributed by atoms with E-state index in [-0.39, 0.29) is 17.9 Å². The van der Waals surface area contributed by atoms with Gasteiger partial charge in [-0.05, 0) is 38.3 Å². The Morgan fingerprint density at radius 2 is 1.86 bits per heavy atom. The third-order valence-electron chi connectivity index (χ3n) is 4.85. The van der Waals surface area contributed by atoms with Gasteiger partial charge in [-0.25, -0.2) is 16.8 Å². The molecule has 2 rings (SSSR count). The Bertz CT molecular complexity index is 925. The van der Waals surface area contributed by atoms with Crippen molar-refractivity contribution in [1.29, 1.82) is 0 Å². The zero-order chi connectivity index (χ0) is 21.1. The molecule has 0 amide bonds. The van der Waals surface area contributed by atoms with Gasteiger partial charge in [-0.1, -0.05) is 24.1 Å². The van der Waals surface area contributed by atoms with E-state index in [1.165, 1.54) is 6.07 Å². The number of aryl methyl sites for hydroxylation is 2. The molecule has 2 N–H and O–H groups in total. The lowest BCUT2D eigenvalue weighted by atomic mass is 10.1. The quantitative estimate of drug-likeness (QED) is 0.558. The summed E-state index contributed by atoms with van der Waals surface area (Å²) in [6.07, 6.45) is -0.0335. The second kappa shape index (κ2) is 8.89. The molecule has 1 aliphatic heterocycles. The molecule has 10 heteroatoms. The van der Waals surface area contributed by atoms with Crippen LogP contribution in [0.2, 0.25) is 0 Å². The highest BCUT2D eigenvalue weighted by atomic mass is 32.2. The van der Waals surface area contributed by atoms with Crippen LogP contribution in [0.4, 0.5) is 0 Å². The molecule has 2 atom stereocenters. The fourth-order valence-electron chi connectivity index (χ4n) is 3.49. The van der Waals surface area contributed by atoms with Crippen LogP contribution in [0, 0.1) is 13.8 Å². The van der Waals surface area contributed by atoms with Crippen LogP contribution in [-0.4, -0.2) is 67.5 Å². The number of aliphatic carboxylic acids is 1. The van der Waals surface area contributed by atoms with Gasteiger partial charge in [-0.3, -0.25) is 4.79 Å². The third-order valence-corrected chi connectivity index (χ3v) is 8.63. The van der Waals surface area contributed by atoms with E-state index in [4.69, 9.17) is 5.11 Å². The van der Waals surface area contributed by atoms with Crippen LogP contribution in [0.15, 0.2) is 23.1 Å². The minimum atomic E-state index is -4.03. The summed E-state index contributed by atoms with van der Waals surface area (Å²) < 4.78 is 51.6. The highest BCUT2D eigenvalue weighted by Gasteiger charge is 2.44. The van der Waals surface area contributed by atoms with Crippen LogP contribution < -0.4 is 0 Å². The van der Waals surface area contributed by atoms with Crippen molar-refractivity contribution in [2.24, 2.45) is 0 Å². The first-order chi connectivity index (χ1) is 12.9.